The lowest BCUT2D eigenvalue weighted by atomic mass is 9.70. The molecule has 1 aromatic carbocycles. The highest BCUT2D eigenvalue weighted by Gasteiger charge is 2.51. The molecule has 18 heavy (non-hydrogen) atoms. The minimum Gasteiger partial charge on any atom is -0.198 e. The summed E-state index contributed by atoms with van der Waals surface area (Å²) in [7, 11) is 0. The first kappa shape index (κ1) is 12.3. The van der Waals surface area contributed by atoms with Crippen LogP contribution in [0.2, 0.25) is 10.0 Å². The number of nitrogens with zero attached hydrogens (tertiary/aromatic N) is 1. The topological polar surface area (TPSA) is 23.8 Å². The summed E-state index contributed by atoms with van der Waals surface area (Å²) in [6, 6.07) is 8.36. The molecule has 0 N–H and O–H groups in total. The van der Waals surface area contributed by atoms with Crippen LogP contribution >= 0.6 is 23.2 Å². The summed E-state index contributed by atoms with van der Waals surface area (Å²) in [5, 5.41) is 10.8. The molecule has 1 aromatic rings. The Morgan fingerprint density at radius 1 is 1.28 bits per heavy atom. The molecule has 94 valence electrons. The van der Waals surface area contributed by atoms with E-state index >= 15 is 0 Å². The third-order valence-corrected chi connectivity index (χ3v) is 5.44. The Labute approximate surface area is 118 Å². The van der Waals surface area contributed by atoms with Crippen LogP contribution in [-0.4, -0.2) is 0 Å². The Bertz CT molecular complexity index is 520. The molecular formula is C15H15Cl2N. The number of fused-ring (bicyclic) bond motifs is 2. The van der Waals surface area contributed by atoms with Crippen molar-refractivity contribution in [2.45, 2.75) is 32.1 Å². The molecule has 2 fully saturated rings. The molecule has 2 saturated carbocycles. The SMILES string of the molecule is N#CC1(Cc2ccc(Cl)c(Cl)c2)CC2CCC1C2. The number of halogens is 2. The molecule has 0 aromatic heterocycles. The van der Waals surface area contributed by atoms with E-state index in [0.717, 1.165) is 24.3 Å². The van der Waals surface area contributed by atoms with Gasteiger partial charge in [-0.05, 0) is 55.2 Å². The molecule has 3 atom stereocenters. The van der Waals surface area contributed by atoms with Gasteiger partial charge in [0.2, 0.25) is 0 Å². The van der Waals surface area contributed by atoms with E-state index in [4.69, 9.17) is 23.2 Å². The largest absolute Gasteiger partial charge is 0.198 e. The highest BCUT2D eigenvalue weighted by Crippen LogP contribution is 2.57. The van der Waals surface area contributed by atoms with Gasteiger partial charge in [-0.15, -0.1) is 0 Å². The van der Waals surface area contributed by atoms with Gasteiger partial charge in [-0.25, -0.2) is 0 Å². The second-order valence-electron chi connectivity index (χ2n) is 5.77. The van der Waals surface area contributed by atoms with Crippen LogP contribution in [0, 0.1) is 28.6 Å². The highest BCUT2D eigenvalue weighted by atomic mass is 35.5. The molecule has 0 aliphatic heterocycles. The van der Waals surface area contributed by atoms with Gasteiger partial charge in [-0.2, -0.15) is 5.26 Å². The van der Waals surface area contributed by atoms with E-state index < -0.39 is 0 Å². The third-order valence-electron chi connectivity index (χ3n) is 4.70. The molecule has 3 heteroatoms. The van der Waals surface area contributed by atoms with Crippen molar-refractivity contribution in [1.29, 1.82) is 5.26 Å². The summed E-state index contributed by atoms with van der Waals surface area (Å²) < 4.78 is 0. The fraction of sp³-hybridized carbons (Fsp3) is 0.533. The molecule has 3 rings (SSSR count). The molecule has 2 bridgehead atoms. The monoisotopic (exact) mass is 279 g/mol. The zero-order valence-electron chi connectivity index (χ0n) is 10.1. The van der Waals surface area contributed by atoms with Gasteiger partial charge in [-0.3, -0.25) is 0 Å². The molecule has 0 heterocycles. The van der Waals surface area contributed by atoms with Crippen LogP contribution in [-0.2, 0) is 6.42 Å². The fourth-order valence-electron chi connectivity index (χ4n) is 3.85. The van der Waals surface area contributed by atoms with E-state index in [1.807, 2.05) is 18.2 Å². The van der Waals surface area contributed by atoms with Crippen molar-refractivity contribution in [2.24, 2.45) is 17.3 Å². The summed E-state index contributed by atoms with van der Waals surface area (Å²) in [6.07, 6.45) is 5.67. The van der Waals surface area contributed by atoms with E-state index in [-0.39, 0.29) is 5.41 Å². The highest BCUT2D eigenvalue weighted by molar-refractivity contribution is 6.42. The predicted octanol–water partition coefficient (Wildman–Crippen LogP) is 4.87. The minimum atomic E-state index is -0.153. The average molecular weight is 280 g/mol. The van der Waals surface area contributed by atoms with Crippen molar-refractivity contribution < 1.29 is 0 Å². The van der Waals surface area contributed by atoms with E-state index in [9.17, 15) is 5.26 Å². The second-order valence-corrected chi connectivity index (χ2v) is 6.59. The Morgan fingerprint density at radius 2 is 2.11 bits per heavy atom. The molecule has 0 amide bonds. The summed E-state index contributed by atoms with van der Waals surface area (Å²) in [5.74, 6) is 1.36. The Balaban J connectivity index is 1.87. The molecular weight excluding hydrogens is 265 g/mol. The molecule has 0 saturated heterocycles. The first-order valence-corrected chi connectivity index (χ1v) is 7.24. The van der Waals surface area contributed by atoms with E-state index in [2.05, 4.69) is 6.07 Å². The number of nitriles is 1. The lowest BCUT2D eigenvalue weighted by Gasteiger charge is -2.31. The van der Waals surface area contributed by atoms with Gasteiger partial charge in [0.25, 0.3) is 0 Å². The quantitative estimate of drug-likeness (QED) is 0.758. The molecule has 2 aliphatic rings. The van der Waals surface area contributed by atoms with Crippen LogP contribution in [0.1, 0.15) is 31.2 Å². The van der Waals surface area contributed by atoms with Gasteiger partial charge in [0.05, 0.1) is 21.5 Å². The van der Waals surface area contributed by atoms with Crippen LogP contribution < -0.4 is 0 Å². The van der Waals surface area contributed by atoms with E-state index in [0.29, 0.717) is 16.0 Å². The van der Waals surface area contributed by atoms with Gasteiger partial charge in [0.1, 0.15) is 0 Å². The van der Waals surface area contributed by atoms with Gasteiger partial charge in [-0.1, -0.05) is 35.7 Å². The normalized spacial score (nSPS) is 33.6. The molecule has 0 spiro atoms. The van der Waals surface area contributed by atoms with Crippen LogP contribution in [0.15, 0.2) is 18.2 Å². The van der Waals surface area contributed by atoms with E-state index in [1.165, 1.54) is 19.3 Å². The standard InChI is InChI=1S/C15H15Cl2N/c16-13-4-2-11(6-14(13)17)8-15(9-18)7-10-1-3-12(15)5-10/h2,4,6,10,12H,1,3,5,7-8H2. The molecule has 2 aliphatic carbocycles. The van der Waals surface area contributed by atoms with Crippen molar-refractivity contribution in [3.05, 3.63) is 33.8 Å². The maximum atomic E-state index is 9.61. The lowest BCUT2D eigenvalue weighted by Crippen LogP contribution is -2.28. The smallest absolute Gasteiger partial charge is 0.0696 e. The average Bonchev–Trinajstić information content (AvgIpc) is 2.94. The predicted molar refractivity (Wildman–Crippen MR) is 73.7 cm³/mol. The zero-order valence-corrected chi connectivity index (χ0v) is 11.6. The molecule has 0 radical (unpaired) electrons. The van der Waals surface area contributed by atoms with Crippen LogP contribution in [0.3, 0.4) is 0 Å². The minimum absolute atomic E-state index is 0.153. The Hall–Kier alpha value is -0.710. The van der Waals surface area contributed by atoms with E-state index in [1.54, 1.807) is 0 Å². The van der Waals surface area contributed by atoms with Gasteiger partial charge < -0.3 is 0 Å². The number of hydrogen-bond donors (Lipinski definition) is 0. The van der Waals surface area contributed by atoms with Crippen molar-refractivity contribution >= 4 is 23.2 Å². The van der Waals surface area contributed by atoms with Crippen molar-refractivity contribution in [2.75, 3.05) is 0 Å². The first-order chi connectivity index (χ1) is 8.63. The fourth-order valence-corrected chi connectivity index (χ4v) is 4.17. The summed E-state index contributed by atoms with van der Waals surface area (Å²) in [6.45, 7) is 0. The lowest BCUT2D eigenvalue weighted by molar-refractivity contribution is 0.239. The zero-order chi connectivity index (χ0) is 12.8. The molecule has 3 unspecified atom stereocenters. The van der Waals surface area contributed by atoms with Crippen molar-refractivity contribution in [3.8, 4) is 6.07 Å². The Morgan fingerprint density at radius 3 is 2.67 bits per heavy atom. The van der Waals surface area contributed by atoms with Gasteiger partial charge in [0.15, 0.2) is 0 Å². The van der Waals surface area contributed by atoms with Crippen LogP contribution in [0.5, 0.6) is 0 Å². The Kier molecular flexibility index (Phi) is 3.04. The summed E-state index contributed by atoms with van der Waals surface area (Å²) in [4.78, 5) is 0. The number of rotatable bonds is 2. The maximum Gasteiger partial charge on any atom is 0.0696 e. The first-order valence-electron chi connectivity index (χ1n) is 6.48. The van der Waals surface area contributed by atoms with Crippen LogP contribution in [0.25, 0.3) is 0 Å². The van der Waals surface area contributed by atoms with Crippen molar-refractivity contribution in [3.63, 3.8) is 0 Å². The van der Waals surface area contributed by atoms with Gasteiger partial charge in [0, 0.05) is 0 Å². The summed E-state index contributed by atoms with van der Waals surface area (Å²) in [5.41, 5.74) is 0.985. The third kappa shape index (κ3) is 1.92. The maximum absolute atomic E-state index is 9.61. The second kappa shape index (κ2) is 4.44. The number of benzene rings is 1. The van der Waals surface area contributed by atoms with Crippen LogP contribution in [0.4, 0.5) is 0 Å². The summed E-state index contributed by atoms with van der Waals surface area (Å²) >= 11 is 12.0. The van der Waals surface area contributed by atoms with Gasteiger partial charge >= 0.3 is 0 Å². The molecule has 1 nitrogen and oxygen atoms in total. The van der Waals surface area contributed by atoms with Crippen molar-refractivity contribution in [1.82, 2.24) is 0 Å². The number of hydrogen-bond acceptors (Lipinski definition) is 1.